The first-order valence-electron chi connectivity index (χ1n) is 9.00. The maximum atomic E-state index is 14.2. The molecule has 2 unspecified atom stereocenters. The number of hydrogen-bond acceptors (Lipinski definition) is 6. The van der Waals surface area contributed by atoms with Gasteiger partial charge in [0.2, 0.25) is 0 Å². The van der Waals surface area contributed by atoms with Crippen molar-refractivity contribution in [2.45, 2.75) is 22.8 Å². The van der Waals surface area contributed by atoms with Gasteiger partial charge in [0.15, 0.2) is 11.6 Å². The first-order valence-corrected chi connectivity index (χ1v) is 10.1. The maximum absolute atomic E-state index is 14.2. The number of nitrogens with zero attached hydrogens (tertiary/aromatic N) is 3. The van der Waals surface area contributed by atoms with E-state index in [-0.39, 0.29) is 22.8 Å². The molecule has 0 amide bonds. The number of β-amino-alcohol motifs (C(OH)–C–C–N with tert-alkyl or cyclic N) is 1. The summed E-state index contributed by atoms with van der Waals surface area (Å²) in [4.78, 5) is -0.217. The molecular formula is C20H15F4N3O4S. The number of hydrogen-bond donors (Lipinski definition) is 2. The molecule has 168 valence electrons. The third-order valence-electron chi connectivity index (χ3n) is 4.87. The summed E-state index contributed by atoms with van der Waals surface area (Å²) in [6, 6.07) is 8.85. The third-order valence-corrected chi connectivity index (χ3v) is 6.35. The standard InChI is InChI=1S/C20H15F4N3O4S/c21-15-5-12(7-25)1-3-16(15)31-18-9-27(10-19(18,29)11-28)32(30)17-4-2-14(20(22,23)24)6-13(17)8-26/h1-6,18,28-29H,9-11H2/t18-,19?,32?/m0/s1. The molecule has 0 bridgehead atoms. The molecule has 2 aromatic carbocycles. The van der Waals surface area contributed by atoms with Gasteiger partial charge in [-0.05, 0) is 36.4 Å². The van der Waals surface area contributed by atoms with E-state index in [1.54, 1.807) is 12.1 Å². The largest absolute Gasteiger partial charge is 0.483 e. The van der Waals surface area contributed by atoms with Crippen LogP contribution >= 0.6 is 0 Å². The van der Waals surface area contributed by atoms with Crippen LogP contribution in [0.15, 0.2) is 41.3 Å². The molecule has 3 atom stereocenters. The highest BCUT2D eigenvalue weighted by molar-refractivity contribution is 7.82. The van der Waals surface area contributed by atoms with Crippen LogP contribution in [0.4, 0.5) is 17.6 Å². The minimum absolute atomic E-state index is 0.0350. The zero-order valence-electron chi connectivity index (χ0n) is 16.1. The topological polar surface area (TPSA) is 118 Å². The Labute approximate surface area is 182 Å². The highest BCUT2D eigenvalue weighted by Gasteiger charge is 2.49. The monoisotopic (exact) mass is 469 g/mol. The Kier molecular flexibility index (Phi) is 6.53. The van der Waals surface area contributed by atoms with E-state index in [2.05, 4.69) is 0 Å². The Bertz CT molecular complexity index is 1150. The van der Waals surface area contributed by atoms with Gasteiger partial charge in [-0.25, -0.2) is 12.9 Å². The fraction of sp³-hybridized carbons (Fsp3) is 0.300. The minimum atomic E-state index is -4.69. The van der Waals surface area contributed by atoms with E-state index < -0.39 is 59.0 Å². The molecule has 1 aliphatic heterocycles. The second kappa shape index (κ2) is 8.84. The Morgan fingerprint density at radius 2 is 1.94 bits per heavy atom. The molecule has 2 N–H and O–H groups in total. The van der Waals surface area contributed by atoms with E-state index in [4.69, 9.17) is 10.00 Å². The molecule has 0 aromatic heterocycles. The Hall–Kier alpha value is -3.03. The summed E-state index contributed by atoms with van der Waals surface area (Å²) in [5, 5.41) is 38.4. The van der Waals surface area contributed by atoms with E-state index in [0.717, 1.165) is 22.5 Å². The number of aliphatic hydroxyl groups excluding tert-OH is 1. The summed E-state index contributed by atoms with van der Waals surface area (Å²) in [5.74, 6) is -1.21. The van der Waals surface area contributed by atoms with Gasteiger partial charge in [0.05, 0.1) is 40.8 Å². The van der Waals surface area contributed by atoms with Crippen LogP contribution in [0, 0.1) is 28.5 Å². The molecule has 1 fully saturated rings. The number of alkyl halides is 3. The molecule has 0 spiro atoms. The van der Waals surface area contributed by atoms with Crippen molar-refractivity contribution < 1.29 is 36.7 Å². The van der Waals surface area contributed by atoms with Crippen LogP contribution in [0.1, 0.15) is 16.7 Å². The lowest BCUT2D eigenvalue weighted by atomic mass is 10.0. The van der Waals surface area contributed by atoms with Crippen molar-refractivity contribution >= 4 is 11.0 Å². The van der Waals surface area contributed by atoms with Gasteiger partial charge in [-0.2, -0.15) is 23.7 Å². The molecule has 0 radical (unpaired) electrons. The van der Waals surface area contributed by atoms with Crippen LogP contribution in [-0.2, 0) is 17.2 Å². The smallest absolute Gasteiger partial charge is 0.416 e. The second-order valence-electron chi connectivity index (χ2n) is 7.02. The molecular weight excluding hydrogens is 454 g/mol. The van der Waals surface area contributed by atoms with E-state index in [1.165, 1.54) is 6.07 Å². The Balaban J connectivity index is 1.87. The van der Waals surface area contributed by atoms with Crippen LogP contribution in [-0.4, -0.2) is 50.1 Å². The van der Waals surface area contributed by atoms with Crippen LogP contribution in [0.2, 0.25) is 0 Å². The quantitative estimate of drug-likeness (QED) is 0.648. The fourth-order valence-electron chi connectivity index (χ4n) is 3.16. The van der Waals surface area contributed by atoms with Gasteiger partial charge in [0.25, 0.3) is 0 Å². The van der Waals surface area contributed by atoms with Gasteiger partial charge < -0.3 is 14.9 Å². The molecule has 12 heteroatoms. The Morgan fingerprint density at radius 1 is 1.22 bits per heavy atom. The predicted molar refractivity (Wildman–Crippen MR) is 102 cm³/mol. The Morgan fingerprint density at radius 3 is 2.50 bits per heavy atom. The zero-order chi connectivity index (χ0) is 23.7. The van der Waals surface area contributed by atoms with Gasteiger partial charge in [-0.15, -0.1) is 0 Å². The SMILES string of the molecule is N#Cc1ccc(O[C@H]2CN(S(=O)c3ccc(C(F)(F)F)cc3C#N)CC2(O)CO)c(F)c1. The lowest BCUT2D eigenvalue weighted by Gasteiger charge is -2.27. The second-order valence-corrected chi connectivity index (χ2v) is 8.47. The van der Waals surface area contributed by atoms with Crippen LogP contribution in [0.3, 0.4) is 0 Å². The summed E-state index contributed by atoms with van der Waals surface area (Å²) in [5.41, 5.74) is -3.49. The lowest BCUT2D eigenvalue weighted by Crippen LogP contribution is -2.48. The molecule has 32 heavy (non-hydrogen) atoms. The molecule has 1 saturated heterocycles. The van der Waals surface area contributed by atoms with Crippen LogP contribution in [0.5, 0.6) is 5.75 Å². The number of nitriles is 2. The first-order chi connectivity index (χ1) is 15.0. The molecule has 3 rings (SSSR count). The summed E-state index contributed by atoms with van der Waals surface area (Å²) < 4.78 is 72.4. The van der Waals surface area contributed by atoms with E-state index >= 15 is 0 Å². The molecule has 7 nitrogen and oxygen atoms in total. The molecule has 0 saturated carbocycles. The molecule has 0 aliphatic carbocycles. The van der Waals surface area contributed by atoms with Crippen molar-refractivity contribution in [3.8, 4) is 17.9 Å². The third kappa shape index (κ3) is 4.59. The van der Waals surface area contributed by atoms with Gasteiger partial charge in [0.1, 0.15) is 28.8 Å². The van der Waals surface area contributed by atoms with Crippen LogP contribution < -0.4 is 4.74 Å². The van der Waals surface area contributed by atoms with E-state index in [9.17, 15) is 37.2 Å². The fourth-order valence-corrected chi connectivity index (χ4v) is 4.52. The van der Waals surface area contributed by atoms with Crippen molar-refractivity contribution in [1.29, 1.82) is 10.5 Å². The minimum Gasteiger partial charge on any atom is -0.483 e. The van der Waals surface area contributed by atoms with Gasteiger partial charge in [-0.3, -0.25) is 0 Å². The molecule has 1 heterocycles. The number of rotatable bonds is 5. The summed E-state index contributed by atoms with van der Waals surface area (Å²) in [6.45, 7) is -1.57. The summed E-state index contributed by atoms with van der Waals surface area (Å²) in [7, 11) is -2.19. The van der Waals surface area contributed by atoms with Crippen molar-refractivity contribution in [3.63, 3.8) is 0 Å². The van der Waals surface area contributed by atoms with Gasteiger partial charge >= 0.3 is 6.18 Å². The van der Waals surface area contributed by atoms with E-state index in [1.807, 2.05) is 0 Å². The number of aliphatic hydroxyl groups is 2. The van der Waals surface area contributed by atoms with E-state index in [0.29, 0.717) is 12.1 Å². The molecule has 2 aromatic rings. The van der Waals surface area contributed by atoms with Crippen molar-refractivity contribution in [2.24, 2.45) is 0 Å². The van der Waals surface area contributed by atoms with Gasteiger partial charge in [-0.1, -0.05) is 0 Å². The van der Waals surface area contributed by atoms with Crippen molar-refractivity contribution in [1.82, 2.24) is 4.31 Å². The normalized spacial score (nSPS) is 22.2. The van der Waals surface area contributed by atoms with Crippen molar-refractivity contribution in [3.05, 3.63) is 58.9 Å². The predicted octanol–water partition coefficient (Wildman–Crippen LogP) is 2.10. The first kappa shape index (κ1) is 23.6. The maximum Gasteiger partial charge on any atom is 0.416 e. The number of benzene rings is 2. The van der Waals surface area contributed by atoms with Crippen LogP contribution in [0.25, 0.3) is 0 Å². The highest BCUT2D eigenvalue weighted by Crippen LogP contribution is 2.34. The summed E-state index contributed by atoms with van der Waals surface area (Å²) >= 11 is 0. The van der Waals surface area contributed by atoms with Gasteiger partial charge in [0, 0.05) is 6.54 Å². The molecule has 1 aliphatic rings. The average Bonchev–Trinajstić information content (AvgIpc) is 3.10. The zero-order valence-corrected chi connectivity index (χ0v) is 17.0. The average molecular weight is 469 g/mol. The lowest BCUT2D eigenvalue weighted by molar-refractivity contribution is -0.137. The number of halogens is 4. The highest BCUT2D eigenvalue weighted by atomic mass is 32.2. The summed E-state index contributed by atoms with van der Waals surface area (Å²) in [6.07, 6.45) is -5.96. The number of ether oxygens (including phenoxy) is 1. The van der Waals surface area contributed by atoms with Crippen molar-refractivity contribution in [2.75, 3.05) is 19.7 Å².